The molecule has 0 aromatic heterocycles. The minimum absolute atomic E-state index is 0.175. The molecule has 0 atom stereocenters. The maximum Gasteiger partial charge on any atom is 0.257 e. The molecule has 0 aliphatic carbocycles. The molecule has 28 heavy (non-hydrogen) atoms. The van der Waals surface area contributed by atoms with Gasteiger partial charge in [-0.05, 0) is 44.2 Å². The first-order chi connectivity index (χ1) is 13.7. The lowest BCUT2D eigenvalue weighted by Gasteiger charge is -2.04. The van der Waals surface area contributed by atoms with Gasteiger partial charge in [0, 0.05) is 12.0 Å². The van der Waals surface area contributed by atoms with Crippen molar-refractivity contribution in [1.29, 1.82) is 0 Å². The lowest BCUT2D eigenvalue weighted by Crippen LogP contribution is -2.30. The van der Waals surface area contributed by atoms with Gasteiger partial charge in [0.1, 0.15) is 0 Å². The molecular formula is C25H39NO2. The second kappa shape index (κ2) is 17.2. The summed E-state index contributed by atoms with van der Waals surface area (Å²) in [5.41, 5.74) is 0.528. The van der Waals surface area contributed by atoms with Crippen molar-refractivity contribution in [3.05, 3.63) is 48.0 Å². The molecule has 0 spiro atoms. The Morgan fingerprint density at radius 2 is 1.29 bits per heavy atom. The van der Waals surface area contributed by atoms with E-state index in [-0.39, 0.29) is 11.8 Å². The minimum atomic E-state index is -0.307. The van der Waals surface area contributed by atoms with E-state index >= 15 is 0 Å². The Balaban J connectivity index is 1.89. The number of hydrogen-bond donors (Lipinski definition) is 1. The molecule has 0 heterocycles. The third-order valence-corrected chi connectivity index (χ3v) is 4.95. The summed E-state index contributed by atoms with van der Waals surface area (Å²) in [6, 6.07) is 8.87. The Bertz CT molecular complexity index is 551. The Kier molecular flexibility index (Phi) is 14.8. The average Bonchev–Trinajstić information content (AvgIpc) is 2.71. The van der Waals surface area contributed by atoms with Gasteiger partial charge < -0.3 is 0 Å². The van der Waals surface area contributed by atoms with Crippen molar-refractivity contribution in [2.75, 3.05) is 0 Å². The molecule has 2 amide bonds. The van der Waals surface area contributed by atoms with Gasteiger partial charge in [0.15, 0.2) is 0 Å². The summed E-state index contributed by atoms with van der Waals surface area (Å²) in [5.74, 6) is -0.482. The molecular weight excluding hydrogens is 346 g/mol. The number of allylic oxidation sites excluding steroid dienone is 2. The second-order valence-corrected chi connectivity index (χ2v) is 7.58. The molecule has 0 unspecified atom stereocenters. The Hall–Kier alpha value is -1.90. The van der Waals surface area contributed by atoms with Crippen LogP contribution in [0.15, 0.2) is 42.5 Å². The molecule has 0 radical (unpaired) electrons. The van der Waals surface area contributed by atoms with E-state index in [9.17, 15) is 9.59 Å². The van der Waals surface area contributed by atoms with E-state index in [2.05, 4.69) is 24.4 Å². The van der Waals surface area contributed by atoms with E-state index in [4.69, 9.17) is 0 Å². The van der Waals surface area contributed by atoms with E-state index in [1.165, 1.54) is 64.2 Å². The van der Waals surface area contributed by atoms with Crippen molar-refractivity contribution in [2.24, 2.45) is 0 Å². The number of imide groups is 1. The lowest BCUT2D eigenvalue weighted by atomic mass is 10.1. The fraction of sp³-hybridized carbons (Fsp3) is 0.600. The van der Waals surface area contributed by atoms with E-state index in [1.807, 2.05) is 6.07 Å². The molecule has 1 rings (SSSR count). The van der Waals surface area contributed by atoms with Crippen molar-refractivity contribution in [2.45, 2.75) is 96.8 Å². The van der Waals surface area contributed by atoms with Crippen LogP contribution in [0.5, 0.6) is 0 Å². The van der Waals surface area contributed by atoms with Gasteiger partial charge in [-0.2, -0.15) is 0 Å². The highest BCUT2D eigenvalue weighted by atomic mass is 16.2. The van der Waals surface area contributed by atoms with Crippen LogP contribution in [0.2, 0.25) is 0 Å². The van der Waals surface area contributed by atoms with Crippen molar-refractivity contribution in [3.8, 4) is 0 Å². The van der Waals surface area contributed by atoms with Crippen molar-refractivity contribution in [1.82, 2.24) is 5.32 Å². The number of unbranched alkanes of at least 4 members (excludes halogenated alkanes) is 11. The minimum Gasteiger partial charge on any atom is -0.292 e. The first-order valence-corrected chi connectivity index (χ1v) is 11.3. The number of hydrogen-bond acceptors (Lipinski definition) is 2. The summed E-state index contributed by atoms with van der Waals surface area (Å²) >= 11 is 0. The zero-order chi connectivity index (χ0) is 20.3. The van der Waals surface area contributed by atoms with E-state index in [0.29, 0.717) is 12.0 Å². The summed E-state index contributed by atoms with van der Waals surface area (Å²) in [6.45, 7) is 2.26. The maximum atomic E-state index is 11.9. The monoisotopic (exact) mass is 385 g/mol. The molecule has 0 saturated carbocycles. The number of amides is 2. The van der Waals surface area contributed by atoms with Crippen molar-refractivity contribution < 1.29 is 9.59 Å². The van der Waals surface area contributed by atoms with Crippen LogP contribution in [-0.4, -0.2) is 11.8 Å². The standard InChI is InChI=1S/C25H39NO2/c1-2-3-4-5-6-7-8-9-10-11-12-13-14-15-19-22-24(27)26-25(28)23-20-17-16-18-21-23/h9-10,16-18,20-21H,2-8,11-15,19,22H2,1H3,(H,26,27,28)/b10-9-. The molecule has 3 heteroatoms. The van der Waals surface area contributed by atoms with Gasteiger partial charge in [-0.15, -0.1) is 0 Å². The molecule has 156 valence electrons. The van der Waals surface area contributed by atoms with Gasteiger partial charge in [0.25, 0.3) is 5.91 Å². The third-order valence-electron chi connectivity index (χ3n) is 4.95. The van der Waals surface area contributed by atoms with Crippen LogP contribution >= 0.6 is 0 Å². The van der Waals surface area contributed by atoms with Gasteiger partial charge in [-0.25, -0.2) is 0 Å². The predicted molar refractivity (Wildman–Crippen MR) is 118 cm³/mol. The lowest BCUT2D eigenvalue weighted by molar-refractivity contribution is -0.120. The summed E-state index contributed by atoms with van der Waals surface area (Å²) in [6.07, 6.45) is 21.2. The van der Waals surface area contributed by atoms with Crippen LogP contribution in [-0.2, 0) is 4.79 Å². The fourth-order valence-electron chi connectivity index (χ4n) is 3.21. The highest BCUT2D eigenvalue weighted by Crippen LogP contribution is 2.10. The van der Waals surface area contributed by atoms with Crippen LogP contribution in [0, 0.1) is 0 Å². The van der Waals surface area contributed by atoms with Crippen LogP contribution in [0.25, 0.3) is 0 Å². The molecule has 1 aromatic carbocycles. The zero-order valence-corrected chi connectivity index (χ0v) is 17.8. The third kappa shape index (κ3) is 13.3. The highest BCUT2D eigenvalue weighted by Gasteiger charge is 2.09. The highest BCUT2D eigenvalue weighted by molar-refractivity contribution is 6.04. The number of benzene rings is 1. The van der Waals surface area contributed by atoms with Gasteiger partial charge in [-0.3, -0.25) is 14.9 Å². The van der Waals surface area contributed by atoms with Gasteiger partial charge in [-0.1, -0.05) is 88.6 Å². The normalized spacial score (nSPS) is 11.0. The smallest absolute Gasteiger partial charge is 0.257 e. The second-order valence-electron chi connectivity index (χ2n) is 7.58. The van der Waals surface area contributed by atoms with E-state index < -0.39 is 0 Å². The van der Waals surface area contributed by atoms with Crippen molar-refractivity contribution in [3.63, 3.8) is 0 Å². The molecule has 1 N–H and O–H groups in total. The SMILES string of the molecule is CCCCCCCC/C=C\CCCCCCCC(=O)NC(=O)c1ccccc1. The molecule has 0 fully saturated rings. The molecule has 3 nitrogen and oxygen atoms in total. The Labute approximate surface area is 172 Å². The molecule has 0 saturated heterocycles. The quantitative estimate of drug-likeness (QED) is 0.246. The zero-order valence-electron chi connectivity index (χ0n) is 17.8. The van der Waals surface area contributed by atoms with Crippen LogP contribution < -0.4 is 5.32 Å². The number of carbonyl (C=O) groups excluding carboxylic acids is 2. The molecule has 0 aliphatic heterocycles. The van der Waals surface area contributed by atoms with Crippen molar-refractivity contribution >= 4 is 11.8 Å². The summed E-state index contributed by atoms with van der Waals surface area (Å²) in [5, 5.41) is 2.46. The van der Waals surface area contributed by atoms with Gasteiger partial charge >= 0.3 is 0 Å². The number of nitrogens with one attached hydrogen (secondary N) is 1. The maximum absolute atomic E-state index is 11.9. The average molecular weight is 386 g/mol. The van der Waals surface area contributed by atoms with Crippen LogP contribution in [0.1, 0.15) is 107 Å². The molecule has 1 aromatic rings. The fourth-order valence-corrected chi connectivity index (χ4v) is 3.21. The first-order valence-electron chi connectivity index (χ1n) is 11.3. The first kappa shape index (κ1) is 24.1. The topological polar surface area (TPSA) is 46.2 Å². The van der Waals surface area contributed by atoms with Crippen LogP contribution in [0.4, 0.5) is 0 Å². The molecule has 0 aliphatic rings. The predicted octanol–water partition coefficient (Wildman–Crippen LogP) is 6.98. The van der Waals surface area contributed by atoms with E-state index in [0.717, 1.165) is 19.3 Å². The largest absolute Gasteiger partial charge is 0.292 e. The van der Waals surface area contributed by atoms with Gasteiger partial charge in [0.05, 0.1) is 0 Å². The summed E-state index contributed by atoms with van der Waals surface area (Å²) in [4.78, 5) is 23.7. The Morgan fingerprint density at radius 1 is 0.750 bits per heavy atom. The van der Waals surface area contributed by atoms with Crippen LogP contribution in [0.3, 0.4) is 0 Å². The number of carbonyl (C=O) groups is 2. The summed E-state index contributed by atoms with van der Waals surface area (Å²) < 4.78 is 0. The van der Waals surface area contributed by atoms with E-state index in [1.54, 1.807) is 24.3 Å². The number of rotatable bonds is 16. The Morgan fingerprint density at radius 3 is 1.89 bits per heavy atom. The molecule has 0 bridgehead atoms. The summed E-state index contributed by atoms with van der Waals surface area (Å²) in [7, 11) is 0. The van der Waals surface area contributed by atoms with Gasteiger partial charge in [0.2, 0.25) is 5.91 Å².